The van der Waals surface area contributed by atoms with E-state index in [-0.39, 0.29) is 0 Å². The van der Waals surface area contributed by atoms with Crippen molar-refractivity contribution >= 4 is 15.8 Å². The minimum Gasteiger partial charge on any atom is -0.357 e. The first-order valence-electron chi connectivity index (χ1n) is 9.56. The average molecular weight is 382 g/mol. The van der Waals surface area contributed by atoms with E-state index in [2.05, 4.69) is 43.3 Å². The van der Waals surface area contributed by atoms with E-state index in [1.165, 1.54) is 19.1 Å². The van der Waals surface area contributed by atoms with E-state index in [0.717, 1.165) is 36.8 Å². The molecule has 0 aliphatic carbocycles. The second kappa shape index (κ2) is 11.2. The van der Waals surface area contributed by atoms with E-state index in [1.807, 2.05) is 12.1 Å². The topological polar surface area (TPSA) is 70.6 Å². The lowest BCUT2D eigenvalue weighted by molar-refractivity contribution is 0.491. The maximum Gasteiger partial charge on any atom is 0.191 e. The molecule has 0 saturated heterocycles. The molecule has 0 spiro atoms. The normalized spacial score (nSPS) is 13.7. The van der Waals surface area contributed by atoms with Crippen LogP contribution >= 0.6 is 0 Å². The fourth-order valence-corrected chi connectivity index (χ4v) is 3.29. The molecule has 0 aliphatic rings. The molecule has 0 heterocycles. The van der Waals surface area contributed by atoms with Gasteiger partial charge in [0, 0.05) is 25.4 Å². The lowest BCUT2D eigenvalue weighted by Gasteiger charge is -2.18. The van der Waals surface area contributed by atoms with Gasteiger partial charge in [-0.25, -0.2) is 8.42 Å². The van der Waals surface area contributed by atoms with E-state index in [0.29, 0.717) is 17.5 Å². The summed E-state index contributed by atoms with van der Waals surface area (Å²) in [5.74, 6) is 1.59. The van der Waals surface area contributed by atoms with Crippen molar-refractivity contribution in [2.24, 2.45) is 10.9 Å². The first-order chi connectivity index (χ1) is 12.2. The van der Waals surface area contributed by atoms with Crippen molar-refractivity contribution in [1.29, 1.82) is 0 Å². The zero-order valence-corrected chi connectivity index (χ0v) is 17.7. The fraction of sp³-hybridized carbons (Fsp3) is 0.650. The molecule has 0 aromatic heterocycles. The van der Waals surface area contributed by atoms with E-state index in [4.69, 9.17) is 0 Å². The van der Waals surface area contributed by atoms with Crippen LogP contribution in [0.25, 0.3) is 0 Å². The van der Waals surface area contributed by atoms with Crippen LogP contribution in [0.5, 0.6) is 0 Å². The van der Waals surface area contributed by atoms with E-state index in [1.54, 1.807) is 12.1 Å². The van der Waals surface area contributed by atoms with Crippen LogP contribution in [0, 0.1) is 5.92 Å². The van der Waals surface area contributed by atoms with E-state index in [9.17, 15) is 8.42 Å². The Morgan fingerprint density at radius 2 is 1.77 bits per heavy atom. The van der Waals surface area contributed by atoms with Crippen LogP contribution < -0.4 is 10.6 Å². The van der Waals surface area contributed by atoms with Gasteiger partial charge in [-0.05, 0) is 50.3 Å². The predicted octanol–water partition coefficient (Wildman–Crippen LogP) is 3.40. The molecule has 6 heteroatoms. The quantitative estimate of drug-likeness (QED) is 0.481. The minimum atomic E-state index is -3.14. The van der Waals surface area contributed by atoms with Gasteiger partial charge in [-0.1, -0.05) is 38.8 Å². The Morgan fingerprint density at radius 1 is 1.12 bits per heavy atom. The van der Waals surface area contributed by atoms with Gasteiger partial charge >= 0.3 is 0 Å². The molecule has 0 radical (unpaired) electrons. The van der Waals surface area contributed by atoms with Gasteiger partial charge in [-0.3, -0.25) is 4.99 Å². The lowest BCUT2D eigenvalue weighted by Crippen LogP contribution is -2.42. The highest BCUT2D eigenvalue weighted by Gasteiger charge is 2.07. The summed E-state index contributed by atoms with van der Waals surface area (Å²) in [7, 11) is -3.14. The van der Waals surface area contributed by atoms with Crippen molar-refractivity contribution in [2.75, 3.05) is 19.3 Å². The first kappa shape index (κ1) is 22.5. The van der Waals surface area contributed by atoms with Gasteiger partial charge in [-0.2, -0.15) is 0 Å². The second-order valence-corrected chi connectivity index (χ2v) is 9.31. The molecule has 0 aliphatic heterocycles. The maximum atomic E-state index is 11.5. The molecule has 1 aromatic rings. The molecular formula is C20H35N3O2S. The Hall–Kier alpha value is -1.56. The molecule has 26 heavy (non-hydrogen) atoms. The molecule has 148 valence electrons. The summed E-state index contributed by atoms with van der Waals surface area (Å²) in [4.78, 5) is 5.00. The average Bonchev–Trinajstić information content (AvgIpc) is 2.54. The Labute approximate surface area is 159 Å². The Morgan fingerprint density at radius 3 is 2.31 bits per heavy atom. The molecule has 1 aromatic carbocycles. The Balaban J connectivity index is 2.52. The summed E-state index contributed by atoms with van der Waals surface area (Å²) in [6, 6.07) is 7.44. The molecule has 1 atom stereocenters. The third-order valence-electron chi connectivity index (χ3n) is 4.17. The van der Waals surface area contributed by atoms with Gasteiger partial charge in [0.05, 0.1) is 4.90 Å². The molecule has 1 unspecified atom stereocenters. The van der Waals surface area contributed by atoms with Crippen molar-refractivity contribution < 1.29 is 8.42 Å². The summed E-state index contributed by atoms with van der Waals surface area (Å²) >= 11 is 0. The molecule has 5 nitrogen and oxygen atoms in total. The number of benzene rings is 1. The molecule has 0 saturated carbocycles. The third kappa shape index (κ3) is 9.22. The highest BCUT2D eigenvalue weighted by atomic mass is 32.2. The standard InChI is InChI=1S/C20H35N3O2S/c1-6-21-20(23-17(4)9-7-8-16(2)3)22-15-14-18-10-12-19(13-11-18)26(5,24)25/h10-13,16-17H,6-9,14-15H2,1-5H3,(H2,21,22,23). The Kier molecular flexibility index (Phi) is 9.70. The third-order valence-corrected chi connectivity index (χ3v) is 5.30. The van der Waals surface area contributed by atoms with Crippen LogP contribution in [-0.2, 0) is 16.3 Å². The smallest absolute Gasteiger partial charge is 0.191 e. The molecule has 0 fully saturated rings. The molecule has 1 rings (SSSR count). The molecule has 0 amide bonds. The van der Waals surface area contributed by atoms with Crippen molar-refractivity contribution in [3.05, 3.63) is 29.8 Å². The van der Waals surface area contributed by atoms with Crippen molar-refractivity contribution in [2.45, 2.75) is 64.3 Å². The number of nitrogens with one attached hydrogen (secondary N) is 2. The number of hydrogen-bond acceptors (Lipinski definition) is 3. The van der Waals surface area contributed by atoms with Crippen molar-refractivity contribution in [3.63, 3.8) is 0 Å². The number of hydrogen-bond donors (Lipinski definition) is 2. The van der Waals surface area contributed by atoms with Crippen molar-refractivity contribution in [1.82, 2.24) is 10.6 Å². The second-order valence-electron chi connectivity index (χ2n) is 7.30. The van der Waals surface area contributed by atoms with Crippen LogP contribution in [0.1, 0.15) is 52.5 Å². The van der Waals surface area contributed by atoms with Crippen LogP contribution in [0.3, 0.4) is 0 Å². The van der Waals surface area contributed by atoms with Gasteiger partial charge < -0.3 is 10.6 Å². The van der Waals surface area contributed by atoms with Gasteiger partial charge in [0.25, 0.3) is 0 Å². The predicted molar refractivity (Wildman–Crippen MR) is 111 cm³/mol. The first-order valence-corrected chi connectivity index (χ1v) is 11.4. The van der Waals surface area contributed by atoms with Gasteiger partial charge in [0.15, 0.2) is 15.8 Å². The number of sulfone groups is 1. The maximum absolute atomic E-state index is 11.5. The summed E-state index contributed by atoms with van der Waals surface area (Å²) in [6.45, 7) is 10.2. The summed E-state index contributed by atoms with van der Waals surface area (Å²) in [5, 5.41) is 6.75. The van der Waals surface area contributed by atoms with Crippen LogP contribution in [0.15, 0.2) is 34.2 Å². The zero-order chi connectivity index (χ0) is 19.6. The highest BCUT2D eigenvalue weighted by molar-refractivity contribution is 7.90. The summed E-state index contributed by atoms with van der Waals surface area (Å²) in [6.07, 6.45) is 5.61. The van der Waals surface area contributed by atoms with Crippen LogP contribution in [0.4, 0.5) is 0 Å². The SMILES string of the molecule is CCNC(=NCCc1ccc(S(C)(=O)=O)cc1)NC(C)CCCC(C)C. The summed E-state index contributed by atoms with van der Waals surface area (Å²) in [5.41, 5.74) is 1.09. The number of aliphatic imine (C=N–C) groups is 1. The number of nitrogens with zero attached hydrogens (tertiary/aromatic N) is 1. The largest absolute Gasteiger partial charge is 0.357 e. The highest BCUT2D eigenvalue weighted by Crippen LogP contribution is 2.11. The minimum absolute atomic E-state index is 0.356. The number of rotatable bonds is 10. The molecular weight excluding hydrogens is 346 g/mol. The number of guanidine groups is 1. The zero-order valence-electron chi connectivity index (χ0n) is 16.9. The summed E-state index contributed by atoms with van der Waals surface area (Å²) < 4.78 is 23.0. The van der Waals surface area contributed by atoms with Crippen LogP contribution in [-0.4, -0.2) is 39.8 Å². The molecule has 0 bridgehead atoms. The molecule has 2 N–H and O–H groups in total. The van der Waals surface area contributed by atoms with E-state index < -0.39 is 9.84 Å². The van der Waals surface area contributed by atoms with Crippen LogP contribution in [0.2, 0.25) is 0 Å². The van der Waals surface area contributed by atoms with Crippen molar-refractivity contribution in [3.8, 4) is 0 Å². The Bertz CT molecular complexity index is 652. The van der Waals surface area contributed by atoms with Gasteiger partial charge in [-0.15, -0.1) is 0 Å². The lowest BCUT2D eigenvalue weighted by atomic mass is 10.0. The van der Waals surface area contributed by atoms with E-state index >= 15 is 0 Å². The monoisotopic (exact) mass is 381 g/mol. The fourth-order valence-electron chi connectivity index (χ4n) is 2.66. The van der Waals surface area contributed by atoms with Gasteiger partial charge in [0.1, 0.15) is 0 Å². The van der Waals surface area contributed by atoms with Gasteiger partial charge in [0.2, 0.25) is 0 Å².